The lowest BCUT2D eigenvalue weighted by atomic mass is 10.1. The molecule has 0 aliphatic carbocycles. The molecule has 1 saturated heterocycles. The van der Waals surface area contributed by atoms with Crippen LogP contribution in [0.4, 0.5) is 0 Å². The Labute approximate surface area is 138 Å². The van der Waals surface area contributed by atoms with Crippen LogP contribution < -0.4 is 5.32 Å². The van der Waals surface area contributed by atoms with Gasteiger partial charge in [-0.15, -0.1) is 0 Å². The summed E-state index contributed by atoms with van der Waals surface area (Å²) >= 11 is 0. The first kappa shape index (κ1) is 15.8. The van der Waals surface area contributed by atoms with Gasteiger partial charge in [-0.25, -0.2) is 0 Å². The van der Waals surface area contributed by atoms with Crippen LogP contribution in [0.25, 0.3) is 0 Å². The third-order valence-corrected chi connectivity index (χ3v) is 4.47. The highest BCUT2D eigenvalue weighted by Gasteiger charge is 2.11. The lowest BCUT2D eigenvalue weighted by Gasteiger charge is -2.14. The highest BCUT2D eigenvalue weighted by Crippen LogP contribution is 2.13. The molecule has 0 aromatic heterocycles. The Morgan fingerprint density at radius 3 is 2.35 bits per heavy atom. The van der Waals surface area contributed by atoms with E-state index < -0.39 is 0 Å². The number of nitrogens with one attached hydrogen (secondary N) is 1. The highest BCUT2D eigenvalue weighted by atomic mass is 16.1. The summed E-state index contributed by atoms with van der Waals surface area (Å²) in [7, 11) is 0. The molecule has 1 aliphatic heterocycles. The molecule has 3 rings (SSSR count). The predicted octanol–water partition coefficient (Wildman–Crippen LogP) is 3.52. The summed E-state index contributed by atoms with van der Waals surface area (Å²) in [6, 6.07) is 16.3. The van der Waals surface area contributed by atoms with Crippen molar-refractivity contribution < 1.29 is 4.79 Å². The van der Waals surface area contributed by atoms with E-state index in [9.17, 15) is 4.79 Å². The average molecular weight is 308 g/mol. The predicted molar refractivity (Wildman–Crippen MR) is 93.3 cm³/mol. The van der Waals surface area contributed by atoms with Crippen LogP contribution in [0, 0.1) is 6.92 Å². The quantitative estimate of drug-likeness (QED) is 0.916. The molecule has 1 amide bonds. The molecule has 0 unspecified atom stereocenters. The molecule has 1 heterocycles. The summed E-state index contributed by atoms with van der Waals surface area (Å²) in [5.74, 6) is -0.00996. The zero-order chi connectivity index (χ0) is 16.1. The molecule has 3 nitrogen and oxygen atoms in total. The summed E-state index contributed by atoms with van der Waals surface area (Å²) in [6.45, 7) is 6.00. The first-order valence-corrected chi connectivity index (χ1v) is 8.36. The summed E-state index contributed by atoms with van der Waals surface area (Å²) in [6.07, 6.45) is 2.64. The first-order valence-electron chi connectivity index (χ1n) is 8.36. The van der Waals surface area contributed by atoms with Crippen LogP contribution in [-0.4, -0.2) is 23.9 Å². The fourth-order valence-corrected chi connectivity index (χ4v) is 3.07. The van der Waals surface area contributed by atoms with E-state index >= 15 is 0 Å². The molecular weight excluding hydrogens is 284 g/mol. The molecule has 0 spiro atoms. The van der Waals surface area contributed by atoms with Gasteiger partial charge in [-0.3, -0.25) is 9.69 Å². The number of hydrogen-bond donors (Lipinski definition) is 1. The minimum Gasteiger partial charge on any atom is -0.348 e. The minimum atomic E-state index is -0.00996. The average Bonchev–Trinajstić information content (AvgIpc) is 3.07. The van der Waals surface area contributed by atoms with Crippen LogP contribution in [0.1, 0.15) is 39.9 Å². The molecule has 2 aromatic rings. The van der Waals surface area contributed by atoms with Crippen LogP contribution in [0.2, 0.25) is 0 Å². The van der Waals surface area contributed by atoms with Crippen LogP contribution in [0.3, 0.4) is 0 Å². The highest BCUT2D eigenvalue weighted by molar-refractivity contribution is 5.95. The van der Waals surface area contributed by atoms with E-state index in [0.29, 0.717) is 6.54 Å². The van der Waals surface area contributed by atoms with Gasteiger partial charge in [0.2, 0.25) is 0 Å². The van der Waals surface area contributed by atoms with Crippen molar-refractivity contribution in [2.75, 3.05) is 13.1 Å². The fourth-order valence-electron chi connectivity index (χ4n) is 3.07. The summed E-state index contributed by atoms with van der Waals surface area (Å²) in [5.41, 5.74) is 4.24. The Kier molecular flexibility index (Phi) is 5.09. The normalized spacial score (nSPS) is 14.8. The van der Waals surface area contributed by atoms with Gasteiger partial charge >= 0.3 is 0 Å². The molecule has 2 aromatic carbocycles. The van der Waals surface area contributed by atoms with E-state index in [4.69, 9.17) is 0 Å². The molecule has 0 bridgehead atoms. The number of carbonyl (C=O) groups excluding carboxylic acids is 1. The molecule has 23 heavy (non-hydrogen) atoms. The van der Waals surface area contributed by atoms with Crippen molar-refractivity contribution in [2.45, 2.75) is 32.9 Å². The number of rotatable bonds is 5. The van der Waals surface area contributed by atoms with Crippen molar-refractivity contribution >= 4 is 5.91 Å². The second-order valence-corrected chi connectivity index (χ2v) is 6.30. The van der Waals surface area contributed by atoms with Gasteiger partial charge in [0, 0.05) is 18.7 Å². The Bertz CT molecular complexity index is 658. The monoisotopic (exact) mass is 308 g/mol. The lowest BCUT2D eigenvalue weighted by molar-refractivity contribution is 0.0950. The van der Waals surface area contributed by atoms with Crippen molar-refractivity contribution in [1.29, 1.82) is 0 Å². The molecule has 1 N–H and O–H groups in total. The van der Waals surface area contributed by atoms with E-state index in [1.807, 2.05) is 31.2 Å². The number of benzene rings is 2. The topological polar surface area (TPSA) is 32.3 Å². The van der Waals surface area contributed by atoms with Crippen molar-refractivity contribution in [2.24, 2.45) is 0 Å². The van der Waals surface area contributed by atoms with Crippen LogP contribution in [0.15, 0.2) is 48.5 Å². The number of amides is 1. The molecule has 0 radical (unpaired) electrons. The molecule has 3 heteroatoms. The lowest BCUT2D eigenvalue weighted by Crippen LogP contribution is -2.23. The minimum absolute atomic E-state index is 0.00996. The Morgan fingerprint density at radius 2 is 1.65 bits per heavy atom. The van der Waals surface area contributed by atoms with Gasteiger partial charge in [0.15, 0.2) is 0 Å². The summed E-state index contributed by atoms with van der Waals surface area (Å²) in [4.78, 5) is 14.7. The fraction of sp³-hybridized carbons (Fsp3) is 0.350. The van der Waals surface area contributed by atoms with Crippen molar-refractivity contribution in [3.63, 3.8) is 0 Å². The first-order chi connectivity index (χ1) is 11.2. The number of hydrogen-bond acceptors (Lipinski definition) is 2. The number of nitrogens with zero attached hydrogens (tertiary/aromatic N) is 1. The third-order valence-electron chi connectivity index (χ3n) is 4.47. The number of likely N-dealkylation sites (tertiary alicyclic amines) is 1. The Morgan fingerprint density at radius 1 is 1.00 bits per heavy atom. The molecule has 1 aliphatic rings. The van der Waals surface area contributed by atoms with Crippen molar-refractivity contribution in [3.8, 4) is 0 Å². The molecule has 1 fully saturated rings. The Hall–Kier alpha value is -2.13. The van der Waals surface area contributed by atoms with Crippen molar-refractivity contribution in [3.05, 3.63) is 70.8 Å². The van der Waals surface area contributed by atoms with Gasteiger partial charge < -0.3 is 5.32 Å². The molecule has 120 valence electrons. The molecule has 0 saturated carbocycles. The third kappa shape index (κ3) is 4.20. The second-order valence-electron chi connectivity index (χ2n) is 6.30. The van der Waals surface area contributed by atoms with Crippen LogP contribution in [0.5, 0.6) is 0 Å². The van der Waals surface area contributed by atoms with E-state index in [2.05, 4.69) is 34.5 Å². The zero-order valence-electron chi connectivity index (χ0n) is 13.7. The van der Waals surface area contributed by atoms with Crippen LogP contribution in [-0.2, 0) is 13.1 Å². The van der Waals surface area contributed by atoms with Gasteiger partial charge in [-0.2, -0.15) is 0 Å². The standard InChI is InChI=1S/C20H24N2O/c1-16-6-2-3-7-19(16)20(23)21-14-17-8-10-18(11-9-17)15-22-12-4-5-13-22/h2-3,6-11H,4-5,12-15H2,1H3,(H,21,23). The largest absolute Gasteiger partial charge is 0.348 e. The maximum Gasteiger partial charge on any atom is 0.251 e. The summed E-state index contributed by atoms with van der Waals surface area (Å²) in [5, 5.41) is 3.00. The number of carbonyl (C=O) groups is 1. The zero-order valence-corrected chi connectivity index (χ0v) is 13.7. The number of aryl methyl sites for hydroxylation is 1. The van der Waals surface area contributed by atoms with Gasteiger partial charge in [0.1, 0.15) is 0 Å². The van der Waals surface area contributed by atoms with E-state index in [1.54, 1.807) is 0 Å². The van der Waals surface area contributed by atoms with E-state index in [0.717, 1.165) is 23.2 Å². The molecular formula is C20H24N2O. The van der Waals surface area contributed by atoms with E-state index in [1.165, 1.54) is 31.5 Å². The summed E-state index contributed by atoms with van der Waals surface area (Å²) < 4.78 is 0. The van der Waals surface area contributed by atoms with Gasteiger partial charge in [0.25, 0.3) is 5.91 Å². The van der Waals surface area contributed by atoms with E-state index in [-0.39, 0.29) is 5.91 Å². The smallest absolute Gasteiger partial charge is 0.251 e. The van der Waals surface area contributed by atoms with Crippen LogP contribution >= 0.6 is 0 Å². The Balaban J connectivity index is 1.54. The molecule has 0 atom stereocenters. The SMILES string of the molecule is Cc1ccccc1C(=O)NCc1ccc(CN2CCCC2)cc1. The van der Waals surface area contributed by atoms with Crippen molar-refractivity contribution in [1.82, 2.24) is 10.2 Å². The van der Waals surface area contributed by atoms with Gasteiger partial charge in [-0.1, -0.05) is 42.5 Å². The van der Waals surface area contributed by atoms with Gasteiger partial charge in [0.05, 0.1) is 0 Å². The maximum atomic E-state index is 12.2. The second kappa shape index (κ2) is 7.42. The maximum absolute atomic E-state index is 12.2. The van der Waals surface area contributed by atoms with Gasteiger partial charge in [-0.05, 0) is 55.6 Å².